The Labute approximate surface area is 122 Å². The van der Waals surface area contributed by atoms with Crippen molar-refractivity contribution in [3.63, 3.8) is 0 Å². The van der Waals surface area contributed by atoms with Gasteiger partial charge >= 0.3 is 0 Å². The van der Waals surface area contributed by atoms with Crippen molar-refractivity contribution in [2.75, 3.05) is 5.32 Å². The molecular weight excluding hydrogens is 311 g/mol. The third kappa shape index (κ3) is 2.84. The van der Waals surface area contributed by atoms with E-state index in [-0.39, 0.29) is 21.5 Å². The maximum atomic E-state index is 13.4. The van der Waals surface area contributed by atoms with Crippen molar-refractivity contribution in [2.24, 2.45) is 0 Å². The molecular formula is C13H7Cl2F2NO2. The van der Waals surface area contributed by atoms with Crippen molar-refractivity contribution >= 4 is 34.8 Å². The van der Waals surface area contributed by atoms with E-state index in [1.165, 1.54) is 18.2 Å². The van der Waals surface area contributed by atoms with Crippen molar-refractivity contribution in [3.05, 3.63) is 57.6 Å². The third-order valence-corrected chi connectivity index (χ3v) is 3.05. The highest BCUT2D eigenvalue weighted by atomic mass is 35.5. The van der Waals surface area contributed by atoms with Gasteiger partial charge in [0.25, 0.3) is 5.91 Å². The third-order valence-electron chi connectivity index (χ3n) is 2.47. The number of hydrogen-bond acceptors (Lipinski definition) is 2. The Hall–Kier alpha value is -1.85. The van der Waals surface area contributed by atoms with E-state index in [2.05, 4.69) is 5.32 Å². The molecule has 0 spiro atoms. The number of hydrogen-bond donors (Lipinski definition) is 2. The van der Waals surface area contributed by atoms with Crippen LogP contribution in [0.3, 0.4) is 0 Å². The molecule has 20 heavy (non-hydrogen) atoms. The van der Waals surface area contributed by atoms with Crippen LogP contribution in [0.4, 0.5) is 14.5 Å². The van der Waals surface area contributed by atoms with Crippen molar-refractivity contribution in [2.45, 2.75) is 0 Å². The molecule has 0 heterocycles. The number of phenolic OH excluding ortho intramolecular Hbond substituents is 1. The highest BCUT2D eigenvalue weighted by Gasteiger charge is 2.16. The number of aromatic hydroxyl groups is 1. The first-order chi connectivity index (χ1) is 9.40. The molecule has 0 bridgehead atoms. The van der Waals surface area contributed by atoms with Crippen LogP contribution >= 0.6 is 23.2 Å². The van der Waals surface area contributed by atoms with Gasteiger partial charge in [0.15, 0.2) is 17.4 Å². The molecule has 0 fully saturated rings. The van der Waals surface area contributed by atoms with E-state index in [1.54, 1.807) is 0 Å². The molecule has 104 valence electrons. The fraction of sp³-hybridized carbons (Fsp3) is 0. The molecule has 2 rings (SSSR count). The molecule has 0 aliphatic heterocycles. The van der Waals surface area contributed by atoms with Gasteiger partial charge in [0.2, 0.25) is 0 Å². The van der Waals surface area contributed by atoms with E-state index in [1.807, 2.05) is 0 Å². The van der Waals surface area contributed by atoms with Crippen LogP contribution in [0, 0.1) is 11.6 Å². The number of nitrogens with one attached hydrogen (secondary N) is 1. The Kier molecular flexibility index (Phi) is 4.11. The van der Waals surface area contributed by atoms with Crippen LogP contribution in [-0.2, 0) is 0 Å². The van der Waals surface area contributed by atoms with Crippen LogP contribution in [0.2, 0.25) is 10.0 Å². The lowest BCUT2D eigenvalue weighted by Gasteiger charge is -2.08. The SMILES string of the molecule is O=C(Nc1cc(Cl)c(O)c(Cl)c1)c1cccc(F)c1F. The summed E-state index contributed by atoms with van der Waals surface area (Å²) < 4.78 is 26.5. The van der Waals surface area contributed by atoms with Crippen molar-refractivity contribution < 1.29 is 18.7 Å². The quantitative estimate of drug-likeness (QED) is 0.814. The monoisotopic (exact) mass is 317 g/mol. The average Bonchev–Trinajstić information content (AvgIpc) is 2.39. The highest BCUT2D eigenvalue weighted by molar-refractivity contribution is 6.37. The predicted octanol–water partition coefficient (Wildman–Crippen LogP) is 4.23. The molecule has 0 radical (unpaired) electrons. The molecule has 0 saturated heterocycles. The number of halogens is 4. The van der Waals surface area contributed by atoms with Gasteiger partial charge in [0, 0.05) is 5.69 Å². The molecule has 1 amide bonds. The van der Waals surface area contributed by atoms with Gasteiger partial charge in [-0.3, -0.25) is 4.79 Å². The number of benzene rings is 2. The van der Waals surface area contributed by atoms with Gasteiger partial charge in [0.1, 0.15) is 0 Å². The van der Waals surface area contributed by atoms with E-state index in [9.17, 15) is 18.7 Å². The summed E-state index contributed by atoms with van der Waals surface area (Å²) in [6.45, 7) is 0. The van der Waals surface area contributed by atoms with Gasteiger partial charge in [-0.2, -0.15) is 0 Å². The largest absolute Gasteiger partial charge is 0.505 e. The van der Waals surface area contributed by atoms with E-state index in [4.69, 9.17) is 23.2 Å². The number of phenols is 1. The molecule has 0 aliphatic rings. The molecule has 0 aliphatic carbocycles. The minimum Gasteiger partial charge on any atom is -0.505 e. The van der Waals surface area contributed by atoms with Crippen LogP contribution in [0.15, 0.2) is 30.3 Å². The molecule has 3 nitrogen and oxygen atoms in total. The van der Waals surface area contributed by atoms with Crippen LogP contribution in [-0.4, -0.2) is 11.0 Å². The molecule has 2 aromatic carbocycles. The average molecular weight is 318 g/mol. The summed E-state index contributed by atoms with van der Waals surface area (Å²) >= 11 is 11.4. The molecule has 0 saturated carbocycles. The Bertz CT molecular complexity index is 669. The first-order valence-electron chi connectivity index (χ1n) is 5.33. The fourth-order valence-corrected chi connectivity index (χ4v) is 2.00. The van der Waals surface area contributed by atoms with Crippen LogP contribution < -0.4 is 5.32 Å². The minimum atomic E-state index is -1.25. The first kappa shape index (κ1) is 14.6. The zero-order valence-corrected chi connectivity index (χ0v) is 11.3. The number of carbonyl (C=O) groups is 1. The topological polar surface area (TPSA) is 49.3 Å². The molecule has 2 aromatic rings. The Morgan fingerprint density at radius 1 is 1.15 bits per heavy atom. The summed E-state index contributed by atoms with van der Waals surface area (Å²) in [4.78, 5) is 11.8. The van der Waals surface area contributed by atoms with Gasteiger partial charge in [0.05, 0.1) is 15.6 Å². The second-order valence-corrected chi connectivity index (χ2v) is 4.66. The lowest BCUT2D eigenvalue weighted by molar-refractivity contribution is 0.102. The van der Waals surface area contributed by atoms with Crippen LogP contribution in [0.1, 0.15) is 10.4 Å². The second kappa shape index (κ2) is 5.64. The maximum absolute atomic E-state index is 13.4. The smallest absolute Gasteiger partial charge is 0.258 e. The predicted molar refractivity (Wildman–Crippen MR) is 72.4 cm³/mol. The summed E-state index contributed by atoms with van der Waals surface area (Å²) in [6, 6.07) is 5.72. The van der Waals surface area contributed by atoms with Crippen molar-refractivity contribution in [1.82, 2.24) is 0 Å². The molecule has 2 N–H and O–H groups in total. The number of amides is 1. The van der Waals surface area contributed by atoms with Gasteiger partial charge in [-0.1, -0.05) is 29.3 Å². The highest BCUT2D eigenvalue weighted by Crippen LogP contribution is 2.34. The summed E-state index contributed by atoms with van der Waals surface area (Å²) in [7, 11) is 0. The maximum Gasteiger partial charge on any atom is 0.258 e. The Morgan fingerprint density at radius 2 is 1.75 bits per heavy atom. The van der Waals surface area contributed by atoms with E-state index < -0.39 is 23.1 Å². The van der Waals surface area contributed by atoms with Gasteiger partial charge in [-0.05, 0) is 24.3 Å². The summed E-state index contributed by atoms with van der Waals surface area (Å²) in [6.07, 6.45) is 0. The van der Waals surface area contributed by atoms with Crippen LogP contribution in [0.5, 0.6) is 5.75 Å². The molecule has 0 unspecified atom stereocenters. The number of carbonyl (C=O) groups excluding carboxylic acids is 1. The minimum absolute atomic E-state index is 0.0764. The van der Waals surface area contributed by atoms with E-state index >= 15 is 0 Å². The lowest BCUT2D eigenvalue weighted by Crippen LogP contribution is -2.14. The zero-order valence-electron chi connectivity index (χ0n) is 9.75. The second-order valence-electron chi connectivity index (χ2n) is 3.84. The van der Waals surface area contributed by atoms with Crippen LogP contribution in [0.25, 0.3) is 0 Å². The van der Waals surface area contributed by atoms with E-state index in [0.717, 1.165) is 12.1 Å². The lowest BCUT2D eigenvalue weighted by atomic mass is 10.2. The van der Waals surface area contributed by atoms with Gasteiger partial charge in [-0.25, -0.2) is 8.78 Å². The van der Waals surface area contributed by atoms with Gasteiger partial charge < -0.3 is 10.4 Å². The summed E-state index contributed by atoms with van der Waals surface area (Å²) in [5.41, 5.74) is -0.309. The molecule has 0 aromatic heterocycles. The summed E-state index contributed by atoms with van der Waals surface area (Å²) in [5, 5.41) is 11.5. The number of anilines is 1. The summed E-state index contributed by atoms with van der Waals surface area (Å²) in [5.74, 6) is -3.57. The van der Waals surface area contributed by atoms with Crippen molar-refractivity contribution in [1.29, 1.82) is 0 Å². The zero-order chi connectivity index (χ0) is 14.9. The molecule has 0 atom stereocenters. The Morgan fingerprint density at radius 3 is 2.35 bits per heavy atom. The number of rotatable bonds is 2. The molecule has 7 heteroatoms. The first-order valence-corrected chi connectivity index (χ1v) is 6.09. The van der Waals surface area contributed by atoms with Crippen molar-refractivity contribution in [3.8, 4) is 5.75 Å². The fourth-order valence-electron chi connectivity index (χ4n) is 1.52. The van der Waals surface area contributed by atoms with E-state index in [0.29, 0.717) is 0 Å². The Balaban J connectivity index is 2.30. The normalized spacial score (nSPS) is 10.4. The van der Waals surface area contributed by atoms with Gasteiger partial charge in [-0.15, -0.1) is 0 Å². The standard InChI is InChI=1S/C13H7Cl2F2NO2/c14-8-4-6(5-9(15)12(8)19)18-13(20)7-2-1-3-10(16)11(7)17/h1-5,19H,(H,18,20).